The van der Waals surface area contributed by atoms with Gasteiger partial charge >= 0.3 is 6.03 Å². The quantitative estimate of drug-likeness (QED) is 0.460. The Hall–Kier alpha value is -1.26. The molecule has 1 rings (SSSR count). The summed E-state index contributed by atoms with van der Waals surface area (Å²) in [5.74, 6) is -0.378. The predicted molar refractivity (Wildman–Crippen MR) is 27.9 cm³/mol. The monoisotopic (exact) mass is 127 g/mol. The van der Waals surface area contributed by atoms with E-state index < -0.39 is 6.03 Å². The fourth-order valence-electron chi connectivity index (χ4n) is 0.477. The third-order valence-corrected chi connectivity index (χ3v) is 0.946. The van der Waals surface area contributed by atoms with E-state index in [1.165, 1.54) is 11.9 Å². The number of carbonyl (C=O) groups excluding carboxylic acids is 2. The second-order valence-corrected chi connectivity index (χ2v) is 1.73. The van der Waals surface area contributed by atoms with E-state index in [4.69, 9.17) is 0 Å². The van der Waals surface area contributed by atoms with Gasteiger partial charge in [-0.3, -0.25) is 4.79 Å². The summed E-state index contributed by atoms with van der Waals surface area (Å²) in [6.45, 7) is 0.0440. The summed E-state index contributed by atoms with van der Waals surface area (Å²) >= 11 is 0. The maximum atomic E-state index is 10.5. The van der Waals surface area contributed by atoms with E-state index in [0.29, 0.717) is 0 Å². The molecule has 0 saturated carbocycles. The number of urea groups is 1. The molecule has 0 aromatic heterocycles. The van der Waals surface area contributed by atoms with Crippen molar-refractivity contribution in [2.24, 2.45) is 10.2 Å². The number of hydrogen-bond acceptors (Lipinski definition) is 2. The van der Waals surface area contributed by atoms with Crippen molar-refractivity contribution in [3.63, 3.8) is 0 Å². The minimum absolute atomic E-state index is 0.0440. The van der Waals surface area contributed by atoms with Gasteiger partial charge in [-0.25, -0.2) is 4.79 Å². The van der Waals surface area contributed by atoms with Crippen molar-refractivity contribution in [3.05, 3.63) is 0 Å². The van der Waals surface area contributed by atoms with Crippen LogP contribution in [-0.4, -0.2) is 30.4 Å². The van der Waals surface area contributed by atoms with Crippen LogP contribution in [0.4, 0.5) is 4.79 Å². The fraction of sp³-hybridized carbons (Fsp3) is 0.500. The number of likely N-dealkylation sites (N-methyl/N-ethyl adjacent to an activating group) is 1. The second kappa shape index (κ2) is 1.93. The van der Waals surface area contributed by atoms with E-state index in [2.05, 4.69) is 10.2 Å². The van der Waals surface area contributed by atoms with Crippen LogP contribution in [-0.2, 0) is 4.79 Å². The topological polar surface area (TPSA) is 62.1 Å². The SMILES string of the molecule is CN1CC(=O)N=NC1=O. The number of azo groups is 1. The van der Waals surface area contributed by atoms with Crippen LogP contribution >= 0.6 is 0 Å². The van der Waals surface area contributed by atoms with Gasteiger partial charge in [0.05, 0.1) is 0 Å². The third-order valence-electron chi connectivity index (χ3n) is 0.946. The summed E-state index contributed by atoms with van der Waals surface area (Å²) in [5, 5.41) is 6.11. The zero-order chi connectivity index (χ0) is 6.85. The normalized spacial score (nSPS) is 19.0. The summed E-state index contributed by atoms with van der Waals surface area (Å²) in [5.41, 5.74) is 0. The predicted octanol–water partition coefficient (Wildman–Crippen LogP) is 0.0306. The van der Waals surface area contributed by atoms with E-state index in [1.54, 1.807) is 0 Å². The Morgan fingerprint density at radius 3 is 2.56 bits per heavy atom. The Balaban J connectivity index is 2.76. The molecule has 0 aromatic rings. The summed E-state index contributed by atoms with van der Waals surface area (Å²) in [6, 6.07) is -0.463. The highest BCUT2D eigenvalue weighted by molar-refractivity contribution is 5.88. The Bertz CT molecular complexity index is 186. The number of rotatable bonds is 0. The van der Waals surface area contributed by atoms with Crippen molar-refractivity contribution in [2.45, 2.75) is 0 Å². The van der Waals surface area contributed by atoms with Gasteiger partial charge in [0.15, 0.2) is 0 Å². The first-order valence-electron chi connectivity index (χ1n) is 2.40. The van der Waals surface area contributed by atoms with E-state index in [9.17, 15) is 9.59 Å². The molecule has 1 aliphatic heterocycles. The number of carbonyl (C=O) groups is 2. The van der Waals surface area contributed by atoms with Crippen molar-refractivity contribution in [1.29, 1.82) is 0 Å². The van der Waals surface area contributed by atoms with Crippen molar-refractivity contribution in [3.8, 4) is 0 Å². The number of amides is 3. The molecule has 1 aliphatic rings. The molecule has 0 atom stereocenters. The molecule has 9 heavy (non-hydrogen) atoms. The van der Waals surface area contributed by atoms with E-state index in [0.717, 1.165) is 0 Å². The molecule has 0 N–H and O–H groups in total. The second-order valence-electron chi connectivity index (χ2n) is 1.73. The summed E-state index contributed by atoms with van der Waals surface area (Å²) in [7, 11) is 1.50. The average Bonchev–Trinajstić information content (AvgIpc) is 1.80. The van der Waals surface area contributed by atoms with Gasteiger partial charge in [0.25, 0.3) is 5.91 Å². The lowest BCUT2D eigenvalue weighted by Gasteiger charge is -2.12. The molecule has 0 radical (unpaired) electrons. The maximum Gasteiger partial charge on any atom is 0.362 e. The minimum Gasteiger partial charge on any atom is -0.315 e. The van der Waals surface area contributed by atoms with Crippen molar-refractivity contribution in [2.75, 3.05) is 13.6 Å². The Kier molecular flexibility index (Phi) is 1.26. The van der Waals surface area contributed by atoms with Crippen LogP contribution in [0.25, 0.3) is 0 Å². The average molecular weight is 127 g/mol. The first kappa shape index (κ1) is 5.87. The largest absolute Gasteiger partial charge is 0.362 e. The van der Waals surface area contributed by atoms with Gasteiger partial charge < -0.3 is 4.90 Å². The standard InChI is InChI=1S/C4H5N3O2/c1-7-2-3(8)5-6-4(7)9/h2H2,1H3. The minimum atomic E-state index is -0.463. The fourth-order valence-corrected chi connectivity index (χ4v) is 0.477. The molecule has 5 heteroatoms. The highest BCUT2D eigenvalue weighted by Gasteiger charge is 2.16. The van der Waals surface area contributed by atoms with Gasteiger partial charge in [0.1, 0.15) is 6.54 Å². The molecule has 3 amide bonds. The lowest BCUT2D eigenvalue weighted by molar-refractivity contribution is -0.119. The molecule has 1 heterocycles. The van der Waals surface area contributed by atoms with Crippen molar-refractivity contribution >= 4 is 11.9 Å². The molecule has 48 valence electrons. The molecular formula is C4H5N3O2. The molecule has 0 spiro atoms. The Labute approximate surface area is 51.4 Å². The van der Waals surface area contributed by atoms with Crippen LogP contribution < -0.4 is 0 Å². The Morgan fingerprint density at radius 1 is 1.44 bits per heavy atom. The lowest BCUT2D eigenvalue weighted by atomic mass is 10.5. The van der Waals surface area contributed by atoms with Gasteiger partial charge in [-0.2, -0.15) is 0 Å². The lowest BCUT2D eigenvalue weighted by Crippen LogP contribution is -2.32. The van der Waals surface area contributed by atoms with Crippen molar-refractivity contribution in [1.82, 2.24) is 4.90 Å². The molecule has 0 fully saturated rings. The van der Waals surface area contributed by atoms with E-state index >= 15 is 0 Å². The van der Waals surface area contributed by atoms with Gasteiger partial charge in [0, 0.05) is 7.05 Å². The molecule has 0 unspecified atom stereocenters. The maximum absolute atomic E-state index is 10.5. The van der Waals surface area contributed by atoms with Gasteiger partial charge in [-0.1, -0.05) is 5.11 Å². The number of hydrogen-bond donors (Lipinski definition) is 0. The smallest absolute Gasteiger partial charge is 0.315 e. The molecular weight excluding hydrogens is 122 g/mol. The van der Waals surface area contributed by atoms with Crippen molar-refractivity contribution < 1.29 is 9.59 Å². The first-order valence-corrected chi connectivity index (χ1v) is 2.40. The van der Waals surface area contributed by atoms with Crippen LogP contribution in [0.3, 0.4) is 0 Å². The number of nitrogens with zero attached hydrogens (tertiary/aromatic N) is 3. The molecule has 0 aromatic carbocycles. The molecule has 0 saturated heterocycles. The molecule has 0 bridgehead atoms. The zero-order valence-electron chi connectivity index (χ0n) is 4.87. The van der Waals surface area contributed by atoms with Gasteiger partial charge in [-0.05, 0) is 0 Å². The first-order chi connectivity index (χ1) is 4.20. The van der Waals surface area contributed by atoms with Crippen LogP contribution in [0.2, 0.25) is 0 Å². The molecule has 0 aliphatic carbocycles. The van der Waals surface area contributed by atoms with E-state index in [-0.39, 0.29) is 12.5 Å². The highest BCUT2D eigenvalue weighted by atomic mass is 16.2. The van der Waals surface area contributed by atoms with Gasteiger partial charge in [0.2, 0.25) is 0 Å². The zero-order valence-corrected chi connectivity index (χ0v) is 4.87. The van der Waals surface area contributed by atoms with Crippen LogP contribution in [0.15, 0.2) is 10.2 Å². The summed E-state index contributed by atoms with van der Waals surface area (Å²) in [6.07, 6.45) is 0. The molecule has 5 nitrogen and oxygen atoms in total. The van der Waals surface area contributed by atoms with Gasteiger partial charge in [-0.15, -0.1) is 5.11 Å². The Morgan fingerprint density at radius 2 is 2.11 bits per heavy atom. The highest BCUT2D eigenvalue weighted by Crippen LogP contribution is 1.97. The summed E-state index contributed by atoms with van der Waals surface area (Å²) < 4.78 is 0. The van der Waals surface area contributed by atoms with E-state index in [1.807, 2.05) is 0 Å². The third kappa shape index (κ3) is 1.10. The van der Waals surface area contributed by atoms with Crippen LogP contribution in [0, 0.1) is 0 Å². The van der Waals surface area contributed by atoms with Crippen LogP contribution in [0.1, 0.15) is 0 Å². The summed E-state index contributed by atoms with van der Waals surface area (Å²) in [4.78, 5) is 22.0. The van der Waals surface area contributed by atoms with Crippen LogP contribution in [0.5, 0.6) is 0 Å².